The van der Waals surface area contributed by atoms with Crippen molar-refractivity contribution in [2.45, 2.75) is 31.6 Å². The van der Waals surface area contributed by atoms with Crippen LogP contribution < -0.4 is 9.80 Å². The molecule has 29 heavy (non-hydrogen) atoms. The van der Waals surface area contributed by atoms with Crippen LogP contribution >= 0.6 is 0 Å². The minimum Gasteiger partial charge on any atom is -0.378 e. The van der Waals surface area contributed by atoms with Crippen LogP contribution in [0.1, 0.15) is 36.4 Å². The molecule has 2 aliphatic heterocycles. The molecule has 0 bridgehead atoms. The molecule has 148 valence electrons. The van der Waals surface area contributed by atoms with Gasteiger partial charge in [-0.3, -0.25) is 14.1 Å². The topological polar surface area (TPSA) is 63.0 Å². The van der Waals surface area contributed by atoms with Crippen molar-refractivity contribution in [3.8, 4) is 0 Å². The number of nitrogens with zero attached hydrogens (tertiary/aromatic N) is 5. The van der Waals surface area contributed by atoms with E-state index in [1.807, 2.05) is 41.6 Å². The standard InChI is InChI=1S/C22H23N5O2/c28-18-14-16-4-1-2-7-17(16)27(18)22-19(15-5-3-6-15)24-21-20(23-8-9-26(21)22)25-10-12-29-13-11-25/h1-2,4,7-9,15H,3,5-6,10-14H2. The number of imidazole rings is 1. The van der Waals surface area contributed by atoms with Crippen LogP contribution in [-0.4, -0.2) is 46.6 Å². The molecule has 1 aliphatic carbocycles. The maximum absolute atomic E-state index is 13.1. The van der Waals surface area contributed by atoms with Gasteiger partial charge in [0.15, 0.2) is 11.5 Å². The lowest BCUT2D eigenvalue weighted by molar-refractivity contribution is -0.116. The summed E-state index contributed by atoms with van der Waals surface area (Å²) in [5.41, 5.74) is 3.92. The Kier molecular flexibility index (Phi) is 3.84. The third kappa shape index (κ3) is 2.57. The number of rotatable bonds is 3. The highest BCUT2D eigenvalue weighted by Crippen LogP contribution is 2.45. The zero-order valence-corrected chi connectivity index (χ0v) is 16.3. The van der Waals surface area contributed by atoms with E-state index in [4.69, 9.17) is 9.72 Å². The number of carbonyl (C=O) groups is 1. The maximum atomic E-state index is 13.1. The first-order valence-electron chi connectivity index (χ1n) is 10.4. The molecule has 1 amide bonds. The predicted octanol–water partition coefficient (Wildman–Crippen LogP) is 3.05. The molecule has 3 aromatic rings. The monoisotopic (exact) mass is 389 g/mol. The molecule has 0 spiro atoms. The van der Waals surface area contributed by atoms with Crippen LogP contribution in [0.4, 0.5) is 17.3 Å². The molecule has 7 heteroatoms. The summed E-state index contributed by atoms with van der Waals surface area (Å²) in [5.74, 6) is 2.29. The van der Waals surface area contributed by atoms with Gasteiger partial charge in [-0.05, 0) is 24.5 Å². The van der Waals surface area contributed by atoms with Gasteiger partial charge in [0.2, 0.25) is 5.91 Å². The van der Waals surface area contributed by atoms with Crippen molar-refractivity contribution >= 4 is 28.9 Å². The second kappa shape index (κ2) is 6.56. The van der Waals surface area contributed by atoms with Gasteiger partial charge in [0.25, 0.3) is 0 Å². The minimum atomic E-state index is 0.110. The summed E-state index contributed by atoms with van der Waals surface area (Å²) in [5, 5.41) is 0. The van der Waals surface area contributed by atoms with E-state index >= 15 is 0 Å². The van der Waals surface area contributed by atoms with Crippen LogP contribution in [0.2, 0.25) is 0 Å². The molecule has 0 radical (unpaired) electrons. The maximum Gasteiger partial charge on any atom is 0.237 e. The number of fused-ring (bicyclic) bond motifs is 2. The van der Waals surface area contributed by atoms with Gasteiger partial charge in [0, 0.05) is 31.4 Å². The molecule has 1 saturated carbocycles. The van der Waals surface area contributed by atoms with E-state index in [2.05, 4.69) is 14.3 Å². The average Bonchev–Trinajstić information content (AvgIpc) is 3.23. The Morgan fingerprint density at radius 1 is 1.10 bits per heavy atom. The number of ether oxygens (including phenoxy) is 1. The van der Waals surface area contributed by atoms with Gasteiger partial charge in [-0.1, -0.05) is 24.6 Å². The Labute approximate surface area is 168 Å². The number of benzene rings is 1. The molecule has 6 rings (SSSR count). The summed E-state index contributed by atoms with van der Waals surface area (Å²) >= 11 is 0. The summed E-state index contributed by atoms with van der Waals surface area (Å²) in [6.07, 6.45) is 7.67. The van der Waals surface area contributed by atoms with Gasteiger partial charge >= 0.3 is 0 Å². The Morgan fingerprint density at radius 3 is 2.72 bits per heavy atom. The number of hydrogen-bond donors (Lipinski definition) is 0. The number of para-hydroxylation sites is 1. The minimum absolute atomic E-state index is 0.110. The second-order valence-electron chi connectivity index (χ2n) is 8.03. The quantitative estimate of drug-likeness (QED) is 0.689. The van der Waals surface area contributed by atoms with E-state index in [0.29, 0.717) is 25.6 Å². The average molecular weight is 389 g/mol. The van der Waals surface area contributed by atoms with Gasteiger partial charge in [-0.2, -0.15) is 0 Å². The normalized spacial score (nSPS) is 19.7. The highest BCUT2D eigenvalue weighted by Gasteiger charge is 2.36. The SMILES string of the molecule is O=C1Cc2ccccc2N1c1c(C2CCC2)nc2c(N3CCOCC3)nccn12. The van der Waals surface area contributed by atoms with Crippen LogP contribution in [0.25, 0.3) is 5.65 Å². The fourth-order valence-corrected chi connectivity index (χ4v) is 4.63. The van der Waals surface area contributed by atoms with E-state index in [-0.39, 0.29) is 5.91 Å². The molecule has 1 aromatic carbocycles. The lowest BCUT2D eigenvalue weighted by Crippen LogP contribution is -2.37. The molecular weight excluding hydrogens is 366 g/mol. The van der Waals surface area contributed by atoms with Crippen molar-refractivity contribution in [1.82, 2.24) is 14.4 Å². The summed E-state index contributed by atoms with van der Waals surface area (Å²) in [6, 6.07) is 8.07. The highest BCUT2D eigenvalue weighted by molar-refractivity contribution is 6.07. The number of anilines is 3. The van der Waals surface area contributed by atoms with Crippen molar-refractivity contribution < 1.29 is 9.53 Å². The van der Waals surface area contributed by atoms with Crippen molar-refractivity contribution in [3.05, 3.63) is 47.9 Å². The smallest absolute Gasteiger partial charge is 0.237 e. The Balaban J connectivity index is 1.56. The summed E-state index contributed by atoms with van der Waals surface area (Å²) in [7, 11) is 0. The number of carbonyl (C=O) groups excluding carboxylic acids is 1. The fraction of sp³-hybridized carbons (Fsp3) is 0.409. The van der Waals surface area contributed by atoms with Crippen molar-refractivity contribution in [1.29, 1.82) is 0 Å². The van der Waals surface area contributed by atoms with E-state index in [1.54, 1.807) is 0 Å². The van der Waals surface area contributed by atoms with E-state index in [9.17, 15) is 4.79 Å². The highest BCUT2D eigenvalue weighted by atomic mass is 16.5. The lowest BCUT2D eigenvalue weighted by Gasteiger charge is -2.28. The lowest BCUT2D eigenvalue weighted by atomic mass is 9.83. The first kappa shape index (κ1) is 17.0. The van der Waals surface area contributed by atoms with E-state index in [0.717, 1.165) is 60.2 Å². The van der Waals surface area contributed by atoms with Gasteiger partial charge < -0.3 is 9.64 Å². The molecule has 2 fully saturated rings. The first-order chi connectivity index (χ1) is 14.3. The molecule has 7 nitrogen and oxygen atoms in total. The molecule has 1 saturated heterocycles. The summed E-state index contributed by atoms with van der Waals surface area (Å²) in [4.78, 5) is 26.9. The second-order valence-corrected chi connectivity index (χ2v) is 8.03. The van der Waals surface area contributed by atoms with Gasteiger partial charge in [-0.25, -0.2) is 9.97 Å². The van der Waals surface area contributed by atoms with Gasteiger partial charge in [-0.15, -0.1) is 0 Å². The van der Waals surface area contributed by atoms with Gasteiger partial charge in [0.05, 0.1) is 31.0 Å². The third-order valence-electron chi connectivity index (χ3n) is 6.36. The summed E-state index contributed by atoms with van der Waals surface area (Å²) in [6.45, 7) is 3.01. The van der Waals surface area contributed by atoms with Crippen LogP contribution in [0.3, 0.4) is 0 Å². The molecule has 2 aromatic heterocycles. The molecule has 0 N–H and O–H groups in total. The first-order valence-corrected chi connectivity index (χ1v) is 10.4. The number of morpholine rings is 1. The third-order valence-corrected chi connectivity index (χ3v) is 6.36. The Hall–Kier alpha value is -2.93. The molecule has 3 aliphatic rings. The Bertz CT molecular complexity index is 1100. The molecule has 4 heterocycles. The molecule has 0 unspecified atom stereocenters. The van der Waals surface area contributed by atoms with E-state index < -0.39 is 0 Å². The zero-order valence-electron chi connectivity index (χ0n) is 16.3. The van der Waals surface area contributed by atoms with Crippen molar-refractivity contribution in [2.75, 3.05) is 36.1 Å². The predicted molar refractivity (Wildman–Crippen MR) is 110 cm³/mol. The Morgan fingerprint density at radius 2 is 1.93 bits per heavy atom. The number of aromatic nitrogens is 3. The van der Waals surface area contributed by atoms with Crippen molar-refractivity contribution in [2.24, 2.45) is 0 Å². The molecule has 0 atom stereocenters. The van der Waals surface area contributed by atoms with Gasteiger partial charge in [0.1, 0.15) is 5.82 Å². The fourth-order valence-electron chi connectivity index (χ4n) is 4.63. The van der Waals surface area contributed by atoms with E-state index in [1.165, 1.54) is 6.42 Å². The largest absolute Gasteiger partial charge is 0.378 e. The van der Waals surface area contributed by atoms with Crippen LogP contribution in [-0.2, 0) is 16.0 Å². The van der Waals surface area contributed by atoms with Crippen LogP contribution in [0, 0.1) is 0 Å². The number of amides is 1. The zero-order chi connectivity index (χ0) is 19.4. The summed E-state index contributed by atoms with van der Waals surface area (Å²) < 4.78 is 7.59. The number of hydrogen-bond acceptors (Lipinski definition) is 5. The van der Waals surface area contributed by atoms with Crippen LogP contribution in [0.5, 0.6) is 0 Å². The van der Waals surface area contributed by atoms with Crippen molar-refractivity contribution in [3.63, 3.8) is 0 Å². The molecular formula is C22H23N5O2. The van der Waals surface area contributed by atoms with Crippen LogP contribution in [0.15, 0.2) is 36.7 Å².